The Bertz CT molecular complexity index is 2210. The van der Waals surface area contributed by atoms with Crippen LogP contribution in [-0.2, 0) is 10.0 Å². The molecule has 49 heavy (non-hydrogen) atoms. The fourth-order valence-electron chi connectivity index (χ4n) is 6.41. The molecule has 2 aromatic heterocycles. The van der Waals surface area contributed by atoms with Crippen molar-refractivity contribution in [2.75, 3.05) is 31.5 Å². The van der Waals surface area contributed by atoms with E-state index in [0.29, 0.717) is 78.1 Å². The third-order valence-corrected chi connectivity index (χ3v) is 10.9. The summed E-state index contributed by atoms with van der Waals surface area (Å²) in [5.74, 6) is 0.165. The van der Waals surface area contributed by atoms with E-state index in [1.54, 1.807) is 59.6 Å². The number of hydrogen-bond donors (Lipinski definition) is 2. The molecule has 4 heterocycles. The second kappa shape index (κ2) is 13.4. The zero-order chi connectivity index (χ0) is 34.1. The first kappa shape index (κ1) is 32.4. The number of rotatable bonds is 8. The van der Waals surface area contributed by atoms with Gasteiger partial charge in [-0.1, -0.05) is 54.1 Å². The number of nitrogens with zero attached hydrogens (tertiary/aromatic N) is 5. The van der Waals surface area contributed by atoms with Gasteiger partial charge in [0.15, 0.2) is 0 Å². The second-order valence-electron chi connectivity index (χ2n) is 11.9. The Kier molecular flexibility index (Phi) is 8.88. The molecule has 0 bridgehead atoms. The van der Waals surface area contributed by atoms with E-state index in [0.717, 1.165) is 12.1 Å². The Hall–Kier alpha value is -5.11. The zero-order valence-corrected chi connectivity index (χ0v) is 27.8. The van der Waals surface area contributed by atoms with Crippen LogP contribution in [0.2, 0.25) is 5.02 Å². The van der Waals surface area contributed by atoms with Crippen molar-refractivity contribution in [2.24, 2.45) is 0 Å². The summed E-state index contributed by atoms with van der Waals surface area (Å²) in [6.07, 6.45) is 6.87. The van der Waals surface area contributed by atoms with Crippen LogP contribution in [-0.4, -0.2) is 70.3 Å². The number of para-hydroxylation sites is 1. The molecule has 2 aliphatic rings. The number of nitrogens with one attached hydrogen (secondary N) is 2. The molecule has 0 atom stereocenters. The lowest BCUT2D eigenvalue weighted by molar-refractivity contribution is -0.385. The highest BCUT2D eigenvalue weighted by molar-refractivity contribution is 7.90. The van der Waals surface area contributed by atoms with Gasteiger partial charge in [-0.15, -0.1) is 0 Å². The van der Waals surface area contributed by atoms with Gasteiger partial charge >= 0.3 is 0 Å². The number of carbonyl (C=O) groups is 1. The molecule has 0 unspecified atom stereocenters. The average molecular weight is 698 g/mol. The molecule has 0 aliphatic carbocycles. The molecular weight excluding hydrogens is 666 g/mol. The largest absolute Gasteiger partial charge is 0.351 e. The number of anilines is 1. The van der Waals surface area contributed by atoms with Gasteiger partial charge in [0, 0.05) is 54.5 Å². The minimum absolute atomic E-state index is 0.00248. The predicted octanol–water partition coefficient (Wildman–Crippen LogP) is 5.99. The monoisotopic (exact) mass is 697 g/mol. The van der Waals surface area contributed by atoms with E-state index in [2.05, 4.69) is 15.6 Å². The summed E-state index contributed by atoms with van der Waals surface area (Å²) in [5, 5.41) is 19.2. The van der Waals surface area contributed by atoms with Crippen LogP contribution in [0.3, 0.4) is 0 Å². The van der Waals surface area contributed by atoms with Gasteiger partial charge in [0.1, 0.15) is 0 Å². The number of amides is 1. The van der Waals surface area contributed by atoms with Crippen LogP contribution in [0.25, 0.3) is 27.7 Å². The quantitative estimate of drug-likeness (QED) is 0.147. The Balaban J connectivity index is 1.09. The first-order valence-corrected chi connectivity index (χ1v) is 17.7. The first-order chi connectivity index (χ1) is 23.7. The van der Waals surface area contributed by atoms with Gasteiger partial charge in [0.05, 0.1) is 37.8 Å². The van der Waals surface area contributed by atoms with Crippen molar-refractivity contribution in [2.45, 2.75) is 30.2 Å². The number of piperidine rings is 1. The van der Waals surface area contributed by atoms with Crippen molar-refractivity contribution >= 4 is 55.6 Å². The Morgan fingerprint density at radius 1 is 1.02 bits per heavy atom. The van der Waals surface area contributed by atoms with Crippen molar-refractivity contribution in [1.29, 1.82) is 0 Å². The molecule has 2 aliphatic heterocycles. The van der Waals surface area contributed by atoms with Crippen molar-refractivity contribution in [3.05, 3.63) is 118 Å². The Morgan fingerprint density at radius 2 is 1.78 bits per heavy atom. The normalized spacial score (nSPS) is 15.6. The summed E-state index contributed by atoms with van der Waals surface area (Å²) in [5.41, 5.74) is 3.22. The highest BCUT2D eigenvalue weighted by atomic mass is 35.5. The van der Waals surface area contributed by atoms with E-state index in [-0.39, 0.29) is 27.6 Å². The Morgan fingerprint density at radius 3 is 2.51 bits per heavy atom. The minimum Gasteiger partial charge on any atom is -0.351 e. The molecule has 0 radical (unpaired) electrons. The highest BCUT2D eigenvalue weighted by Gasteiger charge is 2.28. The number of halogens is 1. The molecule has 1 fully saturated rings. The molecule has 1 saturated heterocycles. The molecule has 250 valence electrons. The number of benzene rings is 3. The summed E-state index contributed by atoms with van der Waals surface area (Å²) < 4.78 is 28.5. The third-order valence-electron chi connectivity index (χ3n) is 8.94. The van der Waals surface area contributed by atoms with Gasteiger partial charge in [-0.25, -0.2) is 22.4 Å². The lowest BCUT2D eigenvalue weighted by atomic mass is 9.96. The average Bonchev–Trinajstić information content (AvgIpc) is 3.53. The lowest BCUT2D eigenvalue weighted by Gasteiger charge is -2.32. The zero-order valence-electron chi connectivity index (χ0n) is 26.3. The second-order valence-corrected chi connectivity index (χ2v) is 14.2. The van der Waals surface area contributed by atoms with Gasteiger partial charge in [0.25, 0.3) is 21.6 Å². The molecule has 5 aromatic rings. The van der Waals surface area contributed by atoms with Crippen molar-refractivity contribution < 1.29 is 18.1 Å². The number of carbonyl (C=O) groups excluding carboxylic acids is 1. The number of hydrogen-bond acceptors (Lipinski definition) is 9. The van der Waals surface area contributed by atoms with E-state index in [1.807, 2.05) is 18.2 Å². The van der Waals surface area contributed by atoms with Crippen LogP contribution >= 0.6 is 11.6 Å². The standard InChI is InChI=1S/C35H32ClN7O5S/c36-30-21-38-35(40-33(30)29-22-42(31-9-5-4-8-27(29)31)49(47,48)26-6-2-1-3-7-26)39-25-14-18-41(19-15-25)34(44)24-10-11-32(43(45)46)28(20-24)23-12-16-37-17-13-23/h1-12,20-22,25,37H,13-19H2,(H,38,39,40). The number of nitro groups is 1. The molecule has 0 spiro atoms. The van der Waals surface area contributed by atoms with Gasteiger partial charge in [0.2, 0.25) is 5.95 Å². The molecule has 12 nitrogen and oxygen atoms in total. The van der Waals surface area contributed by atoms with Crippen molar-refractivity contribution in [3.8, 4) is 11.3 Å². The molecule has 2 N–H and O–H groups in total. The van der Waals surface area contributed by atoms with Crippen LogP contribution < -0.4 is 10.6 Å². The van der Waals surface area contributed by atoms with Crippen molar-refractivity contribution in [1.82, 2.24) is 24.2 Å². The predicted molar refractivity (Wildman–Crippen MR) is 188 cm³/mol. The maximum atomic E-state index is 13.6. The summed E-state index contributed by atoms with van der Waals surface area (Å²) >= 11 is 6.61. The molecule has 3 aromatic carbocycles. The third kappa shape index (κ3) is 6.40. The van der Waals surface area contributed by atoms with E-state index in [1.165, 1.54) is 22.3 Å². The van der Waals surface area contributed by atoms with Gasteiger partial charge in [-0.2, -0.15) is 0 Å². The van der Waals surface area contributed by atoms with Crippen LogP contribution in [0.5, 0.6) is 0 Å². The summed E-state index contributed by atoms with van der Waals surface area (Å²) in [4.78, 5) is 35.9. The number of aromatic nitrogens is 3. The molecule has 14 heteroatoms. The maximum Gasteiger partial charge on any atom is 0.276 e. The Labute approximate surface area is 287 Å². The van der Waals surface area contributed by atoms with E-state index in [4.69, 9.17) is 16.6 Å². The van der Waals surface area contributed by atoms with Crippen LogP contribution in [0, 0.1) is 10.1 Å². The fourth-order valence-corrected chi connectivity index (χ4v) is 8.00. The van der Waals surface area contributed by atoms with E-state index in [9.17, 15) is 23.3 Å². The van der Waals surface area contributed by atoms with Crippen molar-refractivity contribution in [3.63, 3.8) is 0 Å². The fraction of sp³-hybridized carbons (Fsp3) is 0.229. The number of nitro benzene ring substituents is 1. The number of likely N-dealkylation sites (tertiary alicyclic amines) is 1. The minimum atomic E-state index is -3.90. The van der Waals surface area contributed by atoms with Crippen LogP contribution in [0.15, 0.2) is 96.2 Å². The van der Waals surface area contributed by atoms with E-state index >= 15 is 0 Å². The summed E-state index contributed by atoms with van der Waals surface area (Å²) in [6, 6.07) is 20.0. The van der Waals surface area contributed by atoms with Crippen LogP contribution in [0.4, 0.5) is 11.6 Å². The van der Waals surface area contributed by atoms with Gasteiger partial charge < -0.3 is 15.5 Å². The first-order valence-electron chi connectivity index (χ1n) is 15.9. The molecule has 0 saturated carbocycles. The topological polar surface area (TPSA) is 152 Å². The maximum absolute atomic E-state index is 13.6. The van der Waals surface area contributed by atoms with E-state index < -0.39 is 14.9 Å². The molecule has 1 amide bonds. The SMILES string of the molecule is O=C(c1ccc([N+](=O)[O-])c(C2=CCNCC2)c1)N1CCC(Nc2ncc(Cl)c(-c3cn(S(=O)(=O)c4ccccc4)c4ccccc34)n2)CC1. The smallest absolute Gasteiger partial charge is 0.276 e. The highest BCUT2D eigenvalue weighted by Crippen LogP contribution is 2.36. The molecular formula is C35H32ClN7O5S. The summed E-state index contributed by atoms with van der Waals surface area (Å²) in [6.45, 7) is 2.30. The lowest BCUT2D eigenvalue weighted by Crippen LogP contribution is -2.42. The van der Waals surface area contributed by atoms with Crippen LogP contribution in [0.1, 0.15) is 35.2 Å². The van der Waals surface area contributed by atoms with Gasteiger partial charge in [-0.05, 0) is 61.7 Å². The number of fused-ring (bicyclic) bond motifs is 1. The van der Waals surface area contributed by atoms with Gasteiger partial charge in [-0.3, -0.25) is 14.9 Å². The molecule has 7 rings (SSSR count). The summed E-state index contributed by atoms with van der Waals surface area (Å²) in [7, 11) is -3.90.